The van der Waals surface area contributed by atoms with Gasteiger partial charge in [0.05, 0.1) is 37.5 Å². The first-order valence-electron chi connectivity index (χ1n) is 11.7. The van der Waals surface area contributed by atoms with Crippen LogP contribution < -0.4 is 15.3 Å². The van der Waals surface area contributed by atoms with Gasteiger partial charge in [-0.2, -0.15) is 0 Å². The second-order valence-corrected chi connectivity index (χ2v) is 10.6. The maximum Gasteiger partial charge on any atom is 0.390 e. The van der Waals surface area contributed by atoms with Gasteiger partial charge in [0, 0.05) is 35.4 Å². The highest BCUT2D eigenvalue weighted by molar-refractivity contribution is 6.88. The minimum Gasteiger partial charge on any atom is -0.478 e. The van der Waals surface area contributed by atoms with Crippen molar-refractivity contribution in [1.82, 2.24) is 4.98 Å². The lowest BCUT2D eigenvalue weighted by Gasteiger charge is -2.45. The third-order valence-corrected chi connectivity index (χ3v) is 8.06. The molecule has 180 valence electrons. The number of rotatable bonds is 4. The van der Waals surface area contributed by atoms with Crippen LogP contribution in [0.15, 0.2) is 48.7 Å². The van der Waals surface area contributed by atoms with E-state index in [1.54, 1.807) is 18.2 Å². The predicted molar refractivity (Wildman–Crippen MR) is 144 cm³/mol. The second-order valence-electron chi connectivity index (χ2n) is 9.82. The number of anilines is 2. The molecule has 2 aliphatic heterocycles. The predicted octanol–water partition coefficient (Wildman–Crippen LogP) is 3.57. The summed E-state index contributed by atoms with van der Waals surface area (Å²) in [5.74, 6) is -0.543. The van der Waals surface area contributed by atoms with Crippen molar-refractivity contribution in [1.29, 1.82) is 0 Å². The molecule has 2 unspecified atom stereocenters. The molecule has 1 N–H and O–H groups in total. The number of hydrogen-bond acceptors (Lipinski definition) is 4. The molecule has 1 saturated heterocycles. The Morgan fingerprint density at radius 1 is 1.14 bits per heavy atom. The summed E-state index contributed by atoms with van der Waals surface area (Å²) in [4.78, 5) is 32.7. The van der Waals surface area contributed by atoms with Crippen LogP contribution in [0.4, 0.5) is 15.8 Å². The number of carbonyl (C=O) groups excluding carboxylic acids is 1. The van der Waals surface area contributed by atoms with Gasteiger partial charge < -0.3 is 19.2 Å². The highest BCUT2D eigenvalue weighted by atomic mass is 35.5. The van der Waals surface area contributed by atoms with E-state index in [0.717, 1.165) is 24.4 Å². The van der Waals surface area contributed by atoms with Crippen LogP contribution in [0.2, 0.25) is 10.0 Å². The molecule has 3 aliphatic rings. The van der Waals surface area contributed by atoms with Gasteiger partial charge in [-0.3, -0.25) is 4.79 Å². The van der Waals surface area contributed by atoms with E-state index in [-0.39, 0.29) is 32.5 Å². The van der Waals surface area contributed by atoms with Crippen molar-refractivity contribution in [3.63, 3.8) is 0 Å². The Kier molecular flexibility index (Phi) is 5.62. The first kappa shape index (κ1) is 24.4. The number of pyridine rings is 1. The van der Waals surface area contributed by atoms with E-state index in [1.165, 1.54) is 30.5 Å². The quantitative estimate of drug-likeness (QED) is 0.523. The summed E-state index contributed by atoms with van der Waals surface area (Å²) in [6.07, 6.45) is 2.62. The summed E-state index contributed by atoms with van der Waals surface area (Å²) >= 11 is 12.7. The number of hydrogen-bond donors (Lipinski definition) is 1. The van der Waals surface area contributed by atoms with Gasteiger partial charge >= 0.3 is 13.0 Å². The molecule has 1 amide bonds. The van der Waals surface area contributed by atoms with Crippen molar-refractivity contribution < 1.29 is 19.0 Å². The van der Waals surface area contributed by atoms with Crippen molar-refractivity contribution in [3.05, 3.63) is 69.8 Å². The topological polar surface area (TPSA) is 73.7 Å². The molecular weight excluding hydrogens is 513 g/mol. The van der Waals surface area contributed by atoms with Gasteiger partial charge in [-0.15, -0.1) is 0 Å². The highest BCUT2D eigenvalue weighted by Crippen LogP contribution is 2.49. The SMILES string of the molecule is [B]C1([B])B(F)c2cccc(Cl)c2C(=O)N1c1ncc(-c2ccc(C(=O)O)cc2Cl)cc1N1CC2CC2C1. The summed E-state index contributed by atoms with van der Waals surface area (Å²) in [6.45, 7) is -0.428. The van der Waals surface area contributed by atoms with Crippen LogP contribution in [-0.4, -0.2) is 63.0 Å². The summed E-state index contributed by atoms with van der Waals surface area (Å²) in [7, 11) is 12.6. The molecule has 3 aromatic rings. The Balaban J connectivity index is 1.50. The van der Waals surface area contributed by atoms with E-state index in [1.807, 2.05) is 0 Å². The lowest BCUT2D eigenvalue weighted by Crippen LogP contribution is -2.70. The average molecular weight is 530 g/mol. The maximum absolute atomic E-state index is 15.7. The summed E-state index contributed by atoms with van der Waals surface area (Å²) in [5.41, 5.74) is 1.80. The van der Waals surface area contributed by atoms with E-state index < -0.39 is 24.1 Å². The first-order valence-corrected chi connectivity index (χ1v) is 12.5. The zero-order valence-corrected chi connectivity index (χ0v) is 20.9. The number of carboxylic acids is 1. The van der Waals surface area contributed by atoms with Crippen molar-refractivity contribution in [2.45, 2.75) is 11.7 Å². The van der Waals surface area contributed by atoms with Gasteiger partial charge in [0.15, 0.2) is 5.82 Å². The van der Waals surface area contributed by atoms with Crippen LogP contribution in [0.5, 0.6) is 0 Å². The minimum absolute atomic E-state index is 0.00316. The number of nitrogens with zero attached hydrogens (tertiary/aromatic N) is 3. The number of amides is 1. The fraction of sp³-hybridized carbons (Fsp3) is 0.240. The monoisotopic (exact) mass is 529 g/mol. The molecule has 1 aliphatic carbocycles. The molecule has 2 atom stereocenters. The zero-order chi connectivity index (χ0) is 26.2. The molecule has 0 bridgehead atoms. The normalized spacial score (nSPS) is 21.6. The molecular formula is C25H17B3Cl2FN3O3. The average Bonchev–Trinajstić information content (AvgIpc) is 3.47. The third kappa shape index (κ3) is 3.84. The van der Waals surface area contributed by atoms with Gasteiger partial charge in [0.1, 0.15) is 0 Å². The number of carboxylic acid groups (broad SMARTS) is 1. The Morgan fingerprint density at radius 3 is 2.54 bits per heavy atom. The molecule has 6 nitrogen and oxygen atoms in total. The number of carbonyl (C=O) groups is 2. The lowest BCUT2D eigenvalue weighted by molar-refractivity contribution is 0.0696. The van der Waals surface area contributed by atoms with E-state index in [4.69, 9.17) is 38.9 Å². The Labute approximate surface area is 225 Å². The maximum atomic E-state index is 15.7. The lowest BCUT2D eigenvalue weighted by atomic mass is 9.30. The fourth-order valence-electron chi connectivity index (χ4n) is 5.38. The molecule has 0 spiro atoms. The second kappa shape index (κ2) is 8.53. The number of aromatic carboxylic acids is 1. The smallest absolute Gasteiger partial charge is 0.390 e. The molecule has 4 radical (unpaired) electrons. The minimum atomic E-state index is -2.22. The number of fused-ring (bicyclic) bond motifs is 2. The van der Waals surface area contributed by atoms with Gasteiger partial charge in [0.25, 0.3) is 5.91 Å². The zero-order valence-electron chi connectivity index (χ0n) is 19.4. The number of benzene rings is 2. The largest absolute Gasteiger partial charge is 0.478 e. The molecule has 37 heavy (non-hydrogen) atoms. The number of aromatic nitrogens is 1. The van der Waals surface area contributed by atoms with E-state index >= 15 is 4.32 Å². The van der Waals surface area contributed by atoms with Gasteiger partial charge in [-0.25, -0.2) is 9.78 Å². The number of halogens is 3. The van der Waals surface area contributed by atoms with Crippen LogP contribution >= 0.6 is 23.2 Å². The Hall–Kier alpha value is -2.97. The number of piperidine rings is 1. The summed E-state index contributed by atoms with van der Waals surface area (Å²) in [6, 6.07) is 10.7. The van der Waals surface area contributed by atoms with Crippen LogP contribution in [0.3, 0.4) is 0 Å². The van der Waals surface area contributed by atoms with Crippen LogP contribution in [-0.2, 0) is 0 Å². The summed E-state index contributed by atoms with van der Waals surface area (Å²) in [5, 5.41) is 7.38. The molecule has 3 heterocycles. The standard InChI is InChI=1S/C25H17B3Cl2FN3O3/c26-25(27)28(31)17-2-1-3-18(29)21(17)23(35)34(25)22-20(33-10-14-6-15(14)11-33)8-13(9-32-22)16-5-4-12(24(36)37)7-19(16)30/h1-5,7-9,14-15H,6,10-11H2,(H,36,37). The molecule has 2 fully saturated rings. The van der Waals surface area contributed by atoms with Gasteiger partial charge in [0.2, 0.25) is 0 Å². The molecule has 1 saturated carbocycles. The fourth-order valence-corrected chi connectivity index (χ4v) is 5.94. The van der Waals surface area contributed by atoms with Crippen molar-refractivity contribution in [2.75, 3.05) is 22.9 Å². The molecule has 12 heteroatoms. The Morgan fingerprint density at radius 2 is 1.86 bits per heavy atom. The first-order chi connectivity index (χ1) is 17.6. The molecule has 6 rings (SSSR count). The Bertz CT molecular complexity index is 1480. The third-order valence-electron chi connectivity index (χ3n) is 7.43. The van der Waals surface area contributed by atoms with Crippen LogP contribution in [0.1, 0.15) is 27.1 Å². The molecule has 2 aromatic carbocycles. The summed E-state index contributed by atoms with van der Waals surface area (Å²) < 4.78 is 15.7. The van der Waals surface area contributed by atoms with Crippen molar-refractivity contribution >= 4 is 74.7 Å². The van der Waals surface area contributed by atoms with Crippen molar-refractivity contribution in [3.8, 4) is 11.1 Å². The van der Waals surface area contributed by atoms with E-state index in [9.17, 15) is 14.7 Å². The van der Waals surface area contributed by atoms with E-state index in [0.29, 0.717) is 28.7 Å². The van der Waals surface area contributed by atoms with E-state index in [2.05, 4.69) is 9.88 Å². The van der Waals surface area contributed by atoms with Gasteiger partial charge in [-0.1, -0.05) is 41.4 Å². The van der Waals surface area contributed by atoms with Crippen molar-refractivity contribution in [2.24, 2.45) is 11.8 Å². The molecule has 1 aromatic heterocycles. The highest BCUT2D eigenvalue weighted by Gasteiger charge is 2.52. The van der Waals surface area contributed by atoms with Crippen LogP contribution in [0, 0.1) is 11.8 Å². The van der Waals surface area contributed by atoms with Crippen LogP contribution in [0.25, 0.3) is 11.1 Å². The van der Waals surface area contributed by atoms with Gasteiger partial charge in [-0.05, 0) is 53.2 Å².